The predicted octanol–water partition coefficient (Wildman–Crippen LogP) is 3.54. The van der Waals surface area contributed by atoms with E-state index in [2.05, 4.69) is 15.6 Å². The average Bonchev–Trinajstić information content (AvgIpc) is 3.01. The summed E-state index contributed by atoms with van der Waals surface area (Å²) in [5.41, 5.74) is 2.20. The van der Waals surface area contributed by atoms with Crippen molar-refractivity contribution >= 4 is 30.7 Å². The van der Waals surface area contributed by atoms with Crippen LogP contribution in [0.5, 0.6) is 0 Å². The summed E-state index contributed by atoms with van der Waals surface area (Å²) in [6.45, 7) is 7.67. The lowest BCUT2D eigenvalue weighted by atomic mass is 10.1. The minimum Gasteiger partial charge on any atom is -0.441 e. The van der Waals surface area contributed by atoms with E-state index in [1.54, 1.807) is 6.20 Å². The van der Waals surface area contributed by atoms with Gasteiger partial charge in [0.15, 0.2) is 11.7 Å². The Morgan fingerprint density at radius 3 is 2.56 bits per heavy atom. The van der Waals surface area contributed by atoms with Crippen LogP contribution in [-0.4, -0.2) is 30.0 Å². The van der Waals surface area contributed by atoms with E-state index in [4.69, 9.17) is 4.42 Å². The fourth-order valence-corrected chi connectivity index (χ4v) is 2.27. The van der Waals surface area contributed by atoms with Gasteiger partial charge in [-0.2, -0.15) is 0 Å². The molecule has 1 atom stereocenters. The summed E-state index contributed by atoms with van der Waals surface area (Å²) in [7, 11) is 0. The van der Waals surface area contributed by atoms with Crippen LogP contribution < -0.4 is 10.6 Å². The topological polar surface area (TPSA) is 67.2 Å². The maximum absolute atomic E-state index is 11.8. The standard InChI is InChI=1S/C18H25N3O2.2ClH/c1-4-19-14(3)11-20-17(22)9-10-18-21-12-16(23-18)15-7-5-13(2)6-8-15;;/h5-8,12,14,19H,4,9-11H2,1-3H3,(H,20,22);2*1H/t14-;;/m1../s1. The monoisotopic (exact) mass is 387 g/mol. The molecule has 0 aliphatic rings. The van der Waals surface area contributed by atoms with Crippen molar-refractivity contribution in [1.29, 1.82) is 0 Å². The lowest BCUT2D eigenvalue weighted by molar-refractivity contribution is -0.121. The fourth-order valence-electron chi connectivity index (χ4n) is 2.27. The molecule has 1 aromatic heterocycles. The van der Waals surface area contributed by atoms with Gasteiger partial charge in [-0.05, 0) is 20.4 Å². The van der Waals surface area contributed by atoms with Crippen molar-refractivity contribution in [1.82, 2.24) is 15.6 Å². The molecule has 0 spiro atoms. The summed E-state index contributed by atoms with van der Waals surface area (Å²) >= 11 is 0. The van der Waals surface area contributed by atoms with Gasteiger partial charge in [-0.15, -0.1) is 24.8 Å². The molecule has 7 heteroatoms. The summed E-state index contributed by atoms with van der Waals surface area (Å²) in [6.07, 6.45) is 2.60. The van der Waals surface area contributed by atoms with E-state index < -0.39 is 0 Å². The van der Waals surface area contributed by atoms with Crippen molar-refractivity contribution in [3.63, 3.8) is 0 Å². The maximum Gasteiger partial charge on any atom is 0.220 e. The SMILES string of the molecule is CCN[C@H](C)CNC(=O)CCc1ncc(-c2ccc(C)cc2)o1.Cl.Cl. The van der Waals surface area contributed by atoms with Crippen molar-refractivity contribution in [3.05, 3.63) is 41.9 Å². The Hall–Kier alpha value is -1.56. The van der Waals surface area contributed by atoms with E-state index in [0.717, 1.165) is 17.9 Å². The Morgan fingerprint density at radius 1 is 1.24 bits per heavy atom. The Balaban J connectivity index is 0.00000288. The third-order valence-electron chi connectivity index (χ3n) is 3.61. The van der Waals surface area contributed by atoms with Crippen molar-refractivity contribution < 1.29 is 9.21 Å². The summed E-state index contributed by atoms with van der Waals surface area (Å²) in [5, 5.41) is 6.17. The van der Waals surface area contributed by atoms with Crippen LogP contribution in [0.4, 0.5) is 0 Å². The molecule has 1 heterocycles. The number of carbonyl (C=O) groups is 1. The molecule has 1 aromatic carbocycles. The van der Waals surface area contributed by atoms with Gasteiger partial charge in [0.1, 0.15) is 0 Å². The van der Waals surface area contributed by atoms with E-state index in [0.29, 0.717) is 25.3 Å². The molecule has 0 radical (unpaired) electrons. The molecule has 25 heavy (non-hydrogen) atoms. The first kappa shape index (κ1) is 23.4. The summed E-state index contributed by atoms with van der Waals surface area (Å²) < 4.78 is 5.72. The predicted molar refractivity (Wildman–Crippen MR) is 106 cm³/mol. The summed E-state index contributed by atoms with van der Waals surface area (Å²) in [4.78, 5) is 16.1. The van der Waals surface area contributed by atoms with Crippen LogP contribution in [0.3, 0.4) is 0 Å². The smallest absolute Gasteiger partial charge is 0.220 e. The molecular formula is C18H27Cl2N3O2. The van der Waals surface area contributed by atoms with Gasteiger partial charge < -0.3 is 15.1 Å². The first-order valence-electron chi connectivity index (χ1n) is 8.10. The zero-order valence-corrected chi connectivity index (χ0v) is 16.5. The number of hydrogen-bond acceptors (Lipinski definition) is 4. The highest BCUT2D eigenvalue weighted by atomic mass is 35.5. The highest BCUT2D eigenvalue weighted by molar-refractivity contribution is 5.85. The number of carbonyl (C=O) groups excluding carboxylic acids is 1. The van der Waals surface area contributed by atoms with Crippen LogP contribution >= 0.6 is 24.8 Å². The van der Waals surface area contributed by atoms with Crippen molar-refractivity contribution in [2.24, 2.45) is 0 Å². The molecule has 0 saturated heterocycles. The van der Waals surface area contributed by atoms with E-state index in [9.17, 15) is 4.79 Å². The quantitative estimate of drug-likeness (QED) is 0.726. The molecule has 2 aromatic rings. The molecule has 0 bridgehead atoms. The minimum atomic E-state index is 0. The number of likely N-dealkylation sites (N-methyl/N-ethyl adjacent to an activating group) is 1. The van der Waals surface area contributed by atoms with Gasteiger partial charge in [-0.25, -0.2) is 4.98 Å². The number of oxazole rings is 1. The summed E-state index contributed by atoms with van der Waals surface area (Å²) in [5.74, 6) is 1.35. The lowest BCUT2D eigenvalue weighted by Gasteiger charge is -2.12. The first-order valence-corrected chi connectivity index (χ1v) is 8.10. The molecule has 5 nitrogen and oxygen atoms in total. The molecule has 0 aliphatic carbocycles. The molecule has 0 aliphatic heterocycles. The number of rotatable bonds is 8. The highest BCUT2D eigenvalue weighted by Gasteiger charge is 2.09. The Labute approximate surface area is 161 Å². The van der Waals surface area contributed by atoms with Crippen LogP contribution in [0.25, 0.3) is 11.3 Å². The number of amides is 1. The van der Waals surface area contributed by atoms with Crippen LogP contribution in [-0.2, 0) is 11.2 Å². The van der Waals surface area contributed by atoms with Gasteiger partial charge in [0.05, 0.1) is 6.20 Å². The Morgan fingerprint density at radius 2 is 1.92 bits per heavy atom. The van der Waals surface area contributed by atoms with Gasteiger partial charge in [0.25, 0.3) is 0 Å². The van der Waals surface area contributed by atoms with Crippen molar-refractivity contribution in [3.8, 4) is 11.3 Å². The summed E-state index contributed by atoms with van der Waals surface area (Å²) in [6, 6.07) is 8.37. The molecule has 2 N–H and O–H groups in total. The number of aryl methyl sites for hydroxylation is 2. The molecule has 0 saturated carbocycles. The number of hydrogen-bond donors (Lipinski definition) is 2. The van der Waals surface area contributed by atoms with E-state index >= 15 is 0 Å². The Kier molecular flexibility index (Phi) is 11.2. The van der Waals surface area contributed by atoms with Gasteiger partial charge in [-0.3, -0.25) is 4.79 Å². The number of benzene rings is 1. The Bertz CT molecular complexity index is 630. The van der Waals surface area contributed by atoms with Crippen LogP contribution in [0, 0.1) is 6.92 Å². The van der Waals surface area contributed by atoms with Crippen LogP contribution in [0.15, 0.2) is 34.9 Å². The normalized spacial score (nSPS) is 11.2. The average molecular weight is 388 g/mol. The second-order valence-electron chi connectivity index (χ2n) is 5.75. The molecule has 0 unspecified atom stereocenters. The van der Waals surface area contributed by atoms with Crippen LogP contribution in [0.2, 0.25) is 0 Å². The van der Waals surface area contributed by atoms with Gasteiger partial charge >= 0.3 is 0 Å². The fraction of sp³-hybridized carbons (Fsp3) is 0.444. The number of halogens is 2. The van der Waals surface area contributed by atoms with E-state index in [1.165, 1.54) is 5.56 Å². The zero-order chi connectivity index (χ0) is 16.7. The maximum atomic E-state index is 11.8. The second kappa shape index (κ2) is 11.9. The van der Waals surface area contributed by atoms with Crippen molar-refractivity contribution in [2.45, 2.75) is 39.7 Å². The molecule has 140 valence electrons. The third-order valence-corrected chi connectivity index (χ3v) is 3.61. The van der Waals surface area contributed by atoms with Crippen molar-refractivity contribution in [2.75, 3.05) is 13.1 Å². The second-order valence-corrected chi connectivity index (χ2v) is 5.75. The third kappa shape index (κ3) is 7.90. The zero-order valence-electron chi connectivity index (χ0n) is 14.9. The molecule has 1 amide bonds. The van der Waals surface area contributed by atoms with Gasteiger partial charge in [0.2, 0.25) is 5.91 Å². The molecule has 0 fully saturated rings. The number of nitrogens with one attached hydrogen (secondary N) is 2. The van der Waals surface area contributed by atoms with E-state index in [1.807, 2.05) is 45.0 Å². The van der Waals surface area contributed by atoms with Gasteiger partial charge in [0, 0.05) is 31.0 Å². The molecule has 2 rings (SSSR count). The molecular weight excluding hydrogens is 361 g/mol. The van der Waals surface area contributed by atoms with Gasteiger partial charge in [-0.1, -0.05) is 36.8 Å². The number of nitrogens with zero attached hydrogens (tertiary/aromatic N) is 1. The largest absolute Gasteiger partial charge is 0.441 e. The van der Waals surface area contributed by atoms with Crippen LogP contribution in [0.1, 0.15) is 31.7 Å². The van der Waals surface area contributed by atoms with E-state index in [-0.39, 0.29) is 36.8 Å². The highest BCUT2D eigenvalue weighted by Crippen LogP contribution is 2.21. The minimum absolute atomic E-state index is 0. The number of aromatic nitrogens is 1. The lowest BCUT2D eigenvalue weighted by Crippen LogP contribution is -2.38. The first-order chi connectivity index (χ1) is 11.1.